The molecule has 0 atom stereocenters. The van der Waals surface area contributed by atoms with E-state index in [2.05, 4.69) is 10.4 Å². The van der Waals surface area contributed by atoms with Crippen molar-refractivity contribution in [2.75, 3.05) is 7.05 Å². The van der Waals surface area contributed by atoms with Crippen molar-refractivity contribution in [3.8, 4) is 11.6 Å². The van der Waals surface area contributed by atoms with Gasteiger partial charge < -0.3 is 15.8 Å². The van der Waals surface area contributed by atoms with E-state index in [0.29, 0.717) is 23.7 Å². The minimum atomic E-state index is -0.455. The van der Waals surface area contributed by atoms with Crippen molar-refractivity contribution < 1.29 is 9.53 Å². The SMILES string of the molecule is CNCc1c(C)nn(C)c1Oc1ccc(C(N)=O)cc1. The van der Waals surface area contributed by atoms with Gasteiger partial charge in [-0.05, 0) is 38.2 Å². The average Bonchev–Trinajstić information content (AvgIpc) is 2.67. The number of rotatable bonds is 5. The van der Waals surface area contributed by atoms with Gasteiger partial charge in [0.2, 0.25) is 11.8 Å². The topological polar surface area (TPSA) is 82.2 Å². The molecular weight excluding hydrogens is 256 g/mol. The molecule has 0 saturated carbocycles. The van der Waals surface area contributed by atoms with Crippen LogP contribution in [0.4, 0.5) is 0 Å². The largest absolute Gasteiger partial charge is 0.439 e. The van der Waals surface area contributed by atoms with Gasteiger partial charge in [0.05, 0.1) is 11.3 Å². The Bertz CT molecular complexity index is 617. The molecule has 0 saturated heterocycles. The van der Waals surface area contributed by atoms with Gasteiger partial charge in [-0.3, -0.25) is 4.79 Å². The highest BCUT2D eigenvalue weighted by molar-refractivity contribution is 5.92. The summed E-state index contributed by atoms with van der Waals surface area (Å²) in [4.78, 5) is 11.0. The van der Waals surface area contributed by atoms with Gasteiger partial charge in [-0.2, -0.15) is 5.10 Å². The molecule has 0 bridgehead atoms. The predicted octanol–water partition coefficient (Wildman–Crippen LogP) is 1.34. The standard InChI is InChI=1S/C14H18N4O2/c1-9-12(8-16-2)14(18(3)17-9)20-11-6-4-10(5-7-11)13(15)19/h4-7,16H,8H2,1-3H3,(H2,15,19). The second-order valence-corrected chi connectivity index (χ2v) is 4.51. The Kier molecular flexibility index (Phi) is 4.05. The fourth-order valence-electron chi connectivity index (χ4n) is 1.99. The first-order valence-electron chi connectivity index (χ1n) is 6.27. The molecule has 2 aromatic rings. The minimum absolute atomic E-state index is 0.453. The third kappa shape index (κ3) is 2.80. The van der Waals surface area contributed by atoms with Crippen LogP contribution in [-0.4, -0.2) is 22.7 Å². The maximum absolute atomic E-state index is 11.0. The molecule has 106 valence electrons. The van der Waals surface area contributed by atoms with E-state index in [0.717, 1.165) is 11.3 Å². The van der Waals surface area contributed by atoms with Crippen LogP contribution in [0.25, 0.3) is 0 Å². The normalized spacial score (nSPS) is 10.6. The number of carbonyl (C=O) groups excluding carboxylic acids is 1. The smallest absolute Gasteiger partial charge is 0.248 e. The first kappa shape index (κ1) is 14.1. The Morgan fingerprint density at radius 1 is 1.40 bits per heavy atom. The zero-order valence-corrected chi connectivity index (χ0v) is 11.8. The van der Waals surface area contributed by atoms with Crippen molar-refractivity contribution in [2.45, 2.75) is 13.5 Å². The van der Waals surface area contributed by atoms with Crippen molar-refractivity contribution >= 4 is 5.91 Å². The number of amides is 1. The van der Waals surface area contributed by atoms with Gasteiger partial charge in [-0.1, -0.05) is 0 Å². The molecule has 0 aliphatic carbocycles. The minimum Gasteiger partial charge on any atom is -0.439 e. The number of benzene rings is 1. The third-order valence-corrected chi connectivity index (χ3v) is 3.00. The van der Waals surface area contributed by atoms with Crippen molar-refractivity contribution in [2.24, 2.45) is 12.8 Å². The summed E-state index contributed by atoms with van der Waals surface area (Å²) in [6.07, 6.45) is 0. The van der Waals surface area contributed by atoms with Crippen molar-refractivity contribution in [3.63, 3.8) is 0 Å². The van der Waals surface area contributed by atoms with Crippen LogP contribution in [0.5, 0.6) is 11.6 Å². The van der Waals surface area contributed by atoms with Crippen molar-refractivity contribution in [1.82, 2.24) is 15.1 Å². The van der Waals surface area contributed by atoms with E-state index in [1.165, 1.54) is 0 Å². The number of aryl methyl sites for hydroxylation is 2. The van der Waals surface area contributed by atoms with Crippen molar-refractivity contribution in [3.05, 3.63) is 41.1 Å². The van der Waals surface area contributed by atoms with Gasteiger partial charge in [-0.15, -0.1) is 0 Å². The number of aromatic nitrogens is 2. The first-order valence-corrected chi connectivity index (χ1v) is 6.27. The van der Waals surface area contributed by atoms with Crippen LogP contribution in [0.15, 0.2) is 24.3 Å². The summed E-state index contributed by atoms with van der Waals surface area (Å²) in [6.45, 7) is 2.62. The molecule has 0 spiro atoms. The third-order valence-electron chi connectivity index (χ3n) is 3.00. The summed E-state index contributed by atoms with van der Waals surface area (Å²) >= 11 is 0. The lowest BCUT2D eigenvalue weighted by Gasteiger charge is -2.09. The van der Waals surface area contributed by atoms with E-state index in [4.69, 9.17) is 10.5 Å². The van der Waals surface area contributed by atoms with Gasteiger partial charge >= 0.3 is 0 Å². The number of carbonyl (C=O) groups is 1. The van der Waals surface area contributed by atoms with E-state index in [-0.39, 0.29) is 0 Å². The maximum atomic E-state index is 11.0. The van der Waals surface area contributed by atoms with Crippen LogP contribution >= 0.6 is 0 Å². The highest BCUT2D eigenvalue weighted by atomic mass is 16.5. The van der Waals surface area contributed by atoms with Crippen LogP contribution < -0.4 is 15.8 Å². The summed E-state index contributed by atoms with van der Waals surface area (Å²) in [5, 5.41) is 7.44. The van der Waals surface area contributed by atoms with Gasteiger partial charge in [-0.25, -0.2) is 4.68 Å². The fraction of sp³-hybridized carbons (Fsp3) is 0.286. The molecule has 0 aliphatic heterocycles. The molecule has 1 aromatic carbocycles. The number of ether oxygens (including phenoxy) is 1. The fourth-order valence-corrected chi connectivity index (χ4v) is 1.99. The van der Waals surface area contributed by atoms with E-state index in [9.17, 15) is 4.79 Å². The maximum Gasteiger partial charge on any atom is 0.248 e. The highest BCUT2D eigenvalue weighted by Crippen LogP contribution is 2.27. The Balaban J connectivity index is 2.27. The quantitative estimate of drug-likeness (QED) is 0.862. The number of nitrogens with two attached hydrogens (primary N) is 1. The molecular formula is C14H18N4O2. The molecule has 1 aromatic heterocycles. The van der Waals surface area contributed by atoms with E-state index in [1.807, 2.05) is 21.0 Å². The number of primary amides is 1. The monoisotopic (exact) mass is 274 g/mol. The van der Waals surface area contributed by atoms with Crippen LogP contribution in [0.2, 0.25) is 0 Å². The average molecular weight is 274 g/mol. The Hall–Kier alpha value is -2.34. The number of nitrogens with one attached hydrogen (secondary N) is 1. The van der Waals surface area contributed by atoms with Crippen molar-refractivity contribution in [1.29, 1.82) is 0 Å². The van der Waals surface area contributed by atoms with Crippen LogP contribution in [0.3, 0.4) is 0 Å². The zero-order chi connectivity index (χ0) is 14.7. The molecule has 0 radical (unpaired) electrons. The summed E-state index contributed by atoms with van der Waals surface area (Å²) in [6, 6.07) is 6.70. The molecule has 0 aliphatic rings. The number of hydrogen-bond donors (Lipinski definition) is 2. The van der Waals surface area contributed by atoms with Gasteiger partial charge in [0, 0.05) is 19.2 Å². The molecule has 0 fully saturated rings. The van der Waals surface area contributed by atoms with E-state index < -0.39 is 5.91 Å². The van der Waals surface area contributed by atoms with Crippen LogP contribution in [0, 0.1) is 6.92 Å². The second kappa shape index (κ2) is 5.75. The van der Waals surface area contributed by atoms with Gasteiger partial charge in [0.25, 0.3) is 0 Å². The molecule has 6 nitrogen and oxygen atoms in total. The Morgan fingerprint density at radius 3 is 2.60 bits per heavy atom. The summed E-state index contributed by atoms with van der Waals surface area (Å²) in [5.74, 6) is 0.864. The lowest BCUT2D eigenvalue weighted by Crippen LogP contribution is -2.10. The lowest BCUT2D eigenvalue weighted by atomic mass is 10.2. The highest BCUT2D eigenvalue weighted by Gasteiger charge is 2.14. The second-order valence-electron chi connectivity index (χ2n) is 4.51. The van der Waals surface area contributed by atoms with E-state index >= 15 is 0 Å². The van der Waals surface area contributed by atoms with E-state index in [1.54, 1.807) is 28.9 Å². The summed E-state index contributed by atoms with van der Waals surface area (Å²) < 4.78 is 7.56. The number of nitrogens with zero attached hydrogens (tertiary/aromatic N) is 2. The molecule has 0 unspecified atom stereocenters. The predicted molar refractivity (Wildman–Crippen MR) is 75.7 cm³/mol. The van der Waals surface area contributed by atoms with Crippen LogP contribution in [-0.2, 0) is 13.6 Å². The van der Waals surface area contributed by atoms with Gasteiger partial charge in [0.1, 0.15) is 5.75 Å². The molecule has 20 heavy (non-hydrogen) atoms. The number of hydrogen-bond acceptors (Lipinski definition) is 4. The lowest BCUT2D eigenvalue weighted by molar-refractivity contribution is 0.100. The molecule has 6 heteroatoms. The molecule has 2 rings (SSSR count). The summed E-state index contributed by atoms with van der Waals surface area (Å²) in [7, 11) is 3.71. The van der Waals surface area contributed by atoms with Crippen LogP contribution in [0.1, 0.15) is 21.6 Å². The molecule has 1 amide bonds. The van der Waals surface area contributed by atoms with Gasteiger partial charge in [0.15, 0.2) is 0 Å². The Morgan fingerprint density at radius 2 is 2.05 bits per heavy atom. The molecule has 1 heterocycles. The molecule has 3 N–H and O–H groups in total. The summed E-state index contributed by atoms with van der Waals surface area (Å²) in [5.41, 5.74) is 7.59. The Labute approximate surface area is 117 Å². The first-order chi connectivity index (χ1) is 9.52. The zero-order valence-electron chi connectivity index (χ0n) is 11.8.